The van der Waals surface area contributed by atoms with E-state index in [1.165, 1.54) is 0 Å². The van der Waals surface area contributed by atoms with Gasteiger partial charge in [0.2, 0.25) is 5.95 Å². The van der Waals surface area contributed by atoms with Crippen LogP contribution in [-0.4, -0.2) is 92.7 Å². The van der Waals surface area contributed by atoms with Gasteiger partial charge in [0.1, 0.15) is 68.4 Å². The zero-order valence-corrected chi connectivity index (χ0v) is 31.4. The standard InChI is InChI=1S/C26H48N6O4SSi4/c1-38(2,3)31(39(4,5)6)24-19-23(28-26(29-24)32(40(7,8)9)41(10,11)12)30(22(27-19)17-13-14-37-16-17)25-21(35)20(34)18(15-33)36-25/h13-14,16,18,20-21,25,33-35H,15H2,1-12H3/t18-,20-,21-,25-/m1/s1. The minimum Gasteiger partial charge on any atom is -0.408 e. The summed E-state index contributed by atoms with van der Waals surface area (Å²) in [5, 5.41) is 35.8. The number of ether oxygens (including phenoxy) is 1. The summed E-state index contributed by atoms with van der Waals surface area (Å²) in [5.41, 5.74) is 2.12. The Bertz CT molecular complexity index is 1350. The average molecular weight is 653 g/mol. The first-order valence-electron chi connectivity index (χ1n) is 14.2. The van der Waals surface area contributed by atoms with Crippen LogP contribution in [0.2, 0.25) is 78.6 Å². The van der Waals surface area contributed by atoms with E-state index in [4.69, 9.17) is 19.7 Å². The molecule has 41 heavy (non-hydrogen) atoms. The number of thiophene rings is 1. The van der Waals surface area contributed by atoms with Crippen molar-refractivity contribution >= 4 is 67.2 Å². The van der Waals surface area contributed by atoms with E-state index in [0.29, 0.717) is 22.9 Å². The molecule has 4 atom stereocenters. The van der Waals surface area contributed by atoms with Crippen LogP contribution in [-0.2, 0) is 4.74 Å². The summed E-state index contributed by atoms with van der Waals surface area (Å²) in [6.07, 6.45) is -4.39. The number of hydrogen-bond acceptors (Lipinski definition) is 10. The number of rotatable bonds is 9. The lowest BCUT2D eigenvalue weighted by Gasteiger charge is -2.47. The fourth-order valence-corrected chi connectivity index (χ4v) is 26.1. The van der Waals surface area contributed by atoms with E-state index in [0.717, 1.165) is 11.4 Å². The lowest BCUT2D eigenvalue weighted by molar-refractivity contribution is -0.0503. The van der Waals surface area contributed by atoms with Crippen LogP contribution in [0.3, 0.4) is 0 Å². The smallest absolute Gasteiger partial charge is 0.212 e. The van der Waals surface area contributed by atoms with Gasteiger partial charge in [-0.2, -0.15) is 21.3 Å². The van der Waals surface area contributed by atoms with Gasteiger partial charge in [0.15, 0.2) is 11.9 Å². The highest BCUT2D eigenvalue weighted by atomic mass is 32.1. The third-order valence-electron chi connectivity index (χ3n) is 7.16. The van der Waals surface area contributed by atoms with Gasteiger partial charge in [-0.3, -0.25) is 4.57 Å². The first kappa shape index (κ1) is 32.5. The Morgan fingerprint density at radius 2 is 1.39 bits per heavy atom. The average Bonchev–Trinajstić information content (AvgIpc) is 3.49. The number of fused-ring (bicyclic) bond motifs is 1. The van der Waals surface area contributed by atoms with Crippen LogP contribution in [0, 0.1) is 0 Å². The molecule has 3 aromatic heterocycles. The first-order chi connectivity index (χ1) is 18.7. The maximum absolute atomic E-state index is 11.2. The summed E-state index contributed by atoms with van der Waals surface area (Å²) in [6.45, 7) is 27.6. The molecule has 0 bridgehead atoms. The Morgan fingerprint density at radius 3 is 1.83 bits per heavy atom. The van der Waals surface area contributed by atoms with Crippen LogP contribution in [0.4, 0.5) is 11.8 Å². The van der Waals surface area contributed by atoms with Gasteiger partial charge < -0.3 is 28.5 Å². The second-order valence-corrected chi connectivity index (χ2v) is 35.7. The van der Waals surface area contributed by atoms with Crippen LogP contribution in [0.15, 0.2) is 16.8 Å². The van der Waals surface area contributed by atoms with Crippen molar-refractivity contribution in [2.24, 2.45) is 0 Å². The van der Waals surface area contributed by atoms with E-state index in [1.807, 2.05) is 21.4 Å². The molecule has 4 heterocycles. The summed E-state index contributed by atoms with van der Waals surface area (Å²) in [5.74, 6) is 2.13. The summed E-state index contributed by atoms with van der Waals surface area (Å²) in [6, 6.07) is 1.99. The third-order valence-corrected chi connectivity index (χ3v) is 22.1. The topological polar surface area (TPSA) is 120 Å². The van der Waals surface area contributed by atoms with Crippen molar-refractivity contribution in [2.75, 3.05) is 15.1 Å². The second-order valence-electron chi connectivity index (χ2n) is 14.9. The van der Waals surface area contributed by atoms with Crippen molar-refractivity contribution in [3.05, 3.63) is 16.8 Å². The Morgan fingerprint density at radius 1 is 0.829 bits per heavy atom. The normalized spacial score (nSPS) is 22.5. The molecule has 1 aliphatic rings. The lowest BCUT2D eigenvalue weighted by Crippen LogP contribution is -2.61. The van der Waals surface area contributed by atoms with E-state index in [9.17, 15) is 15.3 Å². The number of nitrogens with zero attached hydrogens (tertiary/aromatic N) is 6. The minimum atomic E-state index is -1.97. The number of aromatic nitrogens is 4. The summed E-state index contributed by atoms with van der Waals surface area (Å²) < 4.78 is 13.0. The number of hydrogen-bond donors (Lipinski definition) is 3. The van der Waals surface area contributed by atoms with Crippen molar-refractivity contribution in [1.82, 2.24) is 19.5 Å². The number of anilines is 2. The quantitative estimate of drug-likeness (QED) is 0.271. The summed E-state index contributed by atoms with van der Waals surface area (Å²) >= 11 is 1.56. The van der Waals surface area contributed by atoms with Gasteiger partial charge in [-0.1, -0.05) is 78.6 Å². The molecular weight excluding hydrogens is 605 g/mol. The molecule has 0 spiro atoms. The SMILES string of the molecule is C[Si](C)(C)N(c1nc(N([Si](C)(C)C)[Si](C)(C)C)c2nc(-c3ccsc3)n([C@@H]3O[C@H](CO)[C@@H](O)[C@H]3O)c2n1)[Si](C)(C)C. The van der Waals surface area contributed by atoms with Gasteiger partial charge in [-0.25, -0.2) is 4.98 Å². The van der Waals surface area contributed by atoms with Gasteiger partial charge in [0, 0.05) is 10.9 Å². The highest BCUT2D eigenvalue weighted by Gasteiger charge is 2.47. The highest BCUT2D eigenvalue weighted by Crippen LogP contribution is 2.41. The summed E-state index contributed by atoms with van der Waals surface area (Å²) in [7, 11) is -7.82. The zero-order chi connectivity index (χ0) is 30.9. The molecule has 0 aliphatic carbocycles. The fraction of sp³-hybridized carbons (Fsp3) is 0.654. The van der Waals surface area contributed by atoms with E-state index < -0.39 is 64.1 Å². The molecule has 0 aromatic carbocycles. The van der Waals surface area contributed by atoms with Crippen molar-refractivity contribution in [3.63, 3.8) is 0 Å². The molecule has 0 saturated carbocycles. The minimum absolute atomic E-state index is 0.404. The van der Waals surface area contributed by atoms with E-state index in [1.54, 1.807) is 11.3 Å². The number of imidazole rings is 1. The van der Waals surface area contributed by atoms with Gasteiger partial charge in [0.05, 0.1) is 6.61 Å². The van der Waals surface area contributed by atoms with Crippen molar-refractivity contribution in [3.8, 4) is 11.4 Å². The Labute approximate surface area is 252 Å². The van der Waals surface area contributed by atoms with Crippen molar-refractivity contribution in [1.29, 1.82) is 0 Å². The van der Waals surface area contributed by atoms with Gasteiger partial charge >= 0.3 is 0 Å². The van der Waals surface area contributed by atoms with E-state index >= 15 is 0 Å². The van der Waals surface area contributed by atoms with Gasteiger partial charge in [0.25, 0.3) is 0 Å². The van der Waals surface area contributed by atoms with Gasteiger partial charge in [-0.05, 0) is 11.4 Å². The van der Waals surface area contributed by atoms with Crippen LogP contribution in [0.5, 0.6) is 0 Å². The predicted octanol–water partition coefficient (Wildman–Crippen LogP) is 5.12. The molecule has 228 valence electrons. The van der Waals surface area contributed by atoms with Crippen LogP contribution >= 0.6 is 11.3 Å². The van der Waals surface area contributed by atoms with Crippen LogP contribution in [0.25, 0.3) is 22.6 Å². The monoisotopic (exact) mass is 652 g/mol. The van der Waals surface area contributed by atoms with Crippen LogP contribution in [0.1, 0.15) is 6.23 Å². The maximum Gasteiger partial charge on any atom is 0.212 e. The molecule has 10 nitrogen and oxygen atoms in total. The molecule has 15 heteroatoms. The van der Waals surface area contributed by atoms with E-state index in [2.05, 4.69) is 87.0 Å². The highest BCUT2D eigenvalue weighted by molar-refractivity contribution is 7.08. The molecule has 0 unspecified atom stereocenters. The maximum atomic E-state index is 11.2. The molecule has 4 rings (SSSR count). The fourth-order valence-electron chi connectivity index (χ4n) is 6.38. The lowest BCUT2D eigenvalue weighted by atomic mass is 10.1. The Balaban J connectivity index is 2.18. The molecule has 1 aliphatic heterocycles. The molecule has 3 aromatic rings. The predicted molar refractivity (Wildman–Crippen MR) is 180 cm³/mol. The molecule has 0 amide bonds. The third kappa shape index (κ3) is 6.15. The Kier molecular flexibility index (Phi) is 8.65. The first-order valence-corrected chi connectivity index (χ1v) is 29.0. The number of aliphatic hydroxyl groups is 3. The molecule has 3 N–H and O–H groups in total. The van der Waals surface area contributed by atoms with Gasteiger partial charge in [-0.15, -0.1) is 0 Å². The largest absolute Gasteiger partial charge is 0.408 e. The molecule has 1 saturated heterocycles. The van der Waals surface area contributed by atoms with E-state index in [-0.39, 0.29) is 0 Å². The van der Waals surface area contributed by atoms with Crippen LogP contribution < -0.4 is 8.46 Å². The van der Waals surface area contributed by atoms with Crippen molar-refractivity contribution in [2.45, 2.75) is 103 Å². The van der Waals surface area contributed by atoms with Crippen molar-refractivity contribution < 1.29 is 20.1 Å². The molecule has 0 radical (unpaired) electrons. The molecular formula is C26H48N6O4SSi4. The number of aliphatic hydroxyl groups excluding tert-OH is 3. The second kappa shape index (κ2) is 10.9. The zero-order valence-electron chi connectivity index (χ0n) is 26.6. The Hall–Kier alpha value is -1.44. The molecule has 1 fully saturated rings. The summed E-state index contributed by atoms with van der Waals surface area (Å²) in [4.78, 5) is 15.9.